The van der Waals surface area contributed by atoms with E-state index in [0.717, 1.165) is 18.2 Å². The number of anilines is 3. The van der Waals surface area contributed by atoms with Gasteiger partial charge in [0.05, 0.1) is 10.6 Å². The third kappa shape index (κ3) is 5.54. The van der Waals surface area contributed by atoms with Crippen LogP contribution in [0.1, 0.15) is 12.7 Å². The van der Waals surface area contributed by atoms with Crippen molar-refractivity contribution in [3.8, 4) is 0 Å². The van der Waals surface area contributed by atoms with E-state index in [4.69, 9.17) is 10.3 Å². The first kappa shape index (κ1) is 20.9. The van der Waals surface area contributed by atoms with Crippen molar-refractivity contribution < 1.29 is 25.9 Å². The van der Waals surface area contributed by atoms with Gasteiger partial charge in [0.15, 0.2) is 0 Å². The summed E-state index contributed by atoms with van der Waals surface area (Å²) in [7, 11) is -9.31. The molecule has 1 aromatic heterocycles. The second-order valence-corrected chi connectivity index (χ2v) is 8.01. The molecule has 0 saturated carbocycles. The van der Waals surface area contributed by atoms with E-state index in [-0.39, 0.29) is 17.6 Å². The molecule has 1 heterocycles. The van der Waals surface area contributed by atoms with Crippen molar-refractivity contribution in [3.05, 3.63) is 24.0 Å². The average Bonchev–Trinajstić information content (AvgIpc) is 2.58. The Hall–Kier alpha value is -2.39. The Morgan fingerprint density at radius 3 is 2.26 bits per heavy atom. The van der Waals surface area contributed by atoms with Gasteiger partial charge in [0.1, 0.15) is 10.7 Å². The Labute approximate surface area is 155 Å². The molecule has 0 spiro atoms. The molecule has 2 aromatic rings. The molecule has 0 atom stereocenters. The molecule has 0 bridgehead atoms. The third-order valence-corrected chi connectivity index (χ3v) is 4.96. The van der Waals surface area contributed by atoms with Gasteiger partial charge >= 0.3 is 0 Å². The fourth-order valence-corrected chi connectivity index (χ4v) is 3.14. The molecule has 12 nitrogen and oxygen atoms in total. The molecular weight excluding hydrogens is 400 g/mol. The van der Waals surface area contributed by atoms with Gasteiger partial charge in [0.2, 0.25) is 11.9 Å². The molecule has 0 amide bonds. The standard InChI is InChI=1S/C13H18N6O6S2/c1-2-11-17-12(15-6-5-14)19-13(18-11)16-9-7-8(26(20,21)22)3-4-10(9)27(23,24)25/h3-4,7H,2,5-6,14H2,1H3,(H,20,21,22)(H,23,24,25)(H2,15,16,17,18,19). The Balaban J connectivity index is 2.54. The summed E-state index contributed by atoms with van der Waals surface area (Å²) in [5.41, 5.74) is 5.07. The average molecular weight is 418 g/mol. The maximum atomic E-state index is 11.6. The monoisotopic (exact) mass is 418 g/mol. The quantitative estimate of drug-likeness (QED) is 0.361. The van der Waals surface area contributed by atoms with Crippen LogP contribution in [0, 0.1) is 0 Å². The molecule has 148 valence electrons. The van der Waals surface area contributed by atoms with Crippen LogP contribution in [0.5, 0.6) is 0 Å². The summed E-state index contributed by atoms with van der Waals surface area (Å²) in [6.07, 6.45) is 0.435. The van der Waals surface area contributed by atoms with Crippen molar-refractivity contribution >= 4 is 37.8 Å². The summed E-state index contributed by atoms with van der Waals surface area (Å²) in [6, 6.07) is 2.50. The summed E-state index contributed by atoms with van der Waals surface area (Å²) in [5, 5.41) is 5.38. The molecule has 2 rings (SSSR count). The zero-order valence-corrected chi connectivity index (χ0v) is 15.7. The molecule has 0 radical (unpaired) electrons. The number of hydrogen-bond donors (Lipinski definition) is 5. The van der Waals surface area contributed by atoms with Gasteiger partial charge in [-0.25, -0.2) is 0 Å². The van der Waals surface area contributed by atoms with E-state index in [9.17, 15) is 21.4 Å². The van der Waals surface area contributed by atoms with E-state index < -0.39 is 30.0 Å². The van der Waals surface area contributed by atoms with Crippen LogP contribution in [0.15, 0.2) is 28.0 Å². The van der Waals surface area contributed by atoms with E-state index in [1.807, 2.05) is 0 Å². The van der Waals surface area contributed by atoms with Crippen molar-refractivity contribution in [1.82, 2.24) is 15.0 Å². The van der Waals surface area contributed by atoms with Crippen molar-refractivity contribution in [2.75, 3.05) is 23.7 Å². The highest BCUT2D eigenvalue weighted by Gasteiger charge is 2.20. The largest absolute Gasteiger partial charge is 0.353 e. The lowest BCUT2D eigenvalue weighted by atomic mass is 10.3. The molecule has 0 saturated heterocycles. The molecule has 14 heteroatoms. The lowest BCUT2D eigenvalue weighted by molar-refractivity contribution is 0.479. The van der Waals surface area contributed by atoms with Crippen LogP contribution in [-0.4, -0.2) is 54.0 Å². The number of nitrogens with zero attached hydrogens (tertiary/aromatic N) is 3. The maximum Gasteiger partial charge on any atom is 0.296 e. The van der Waals surface area contributed by atoms with E-state index in [1.54, 1.807) is 6.92 Å². The fourth-order valence-electron chi connectivity index (χ4n) is 2.01. The van der Waals surface area contributed by atoms with Gasteiger partial charge in [-0.1, -0.05) is 6.92 Å². The molecule has 27 heavy (non-hydrogen) atoms. The highest BCUT2D eigenvalue weighted by Crippen LogP contribution is 2.27. The number of nitrogens with two attached hydrogens (primary N) is 1. The molecule has 6 N–H and O–H groups in total. The smallest absolute Gasteiger partial charge is 0.296 e. The molecular formula is C13H18N6O6S2. The number of aryl methyl sites for hydroxylation is 1. The molecule has 0 fully saturated rings. The predicted octanol–water partition coefficient (Wildman–Crippen LogP) is 0.0416. The first-order chi connectivity index (χ1) is 12.5. The van der Waals surface area contributed by atoms with Crippen molar-refractivity contribution in [3.63, 3.8) is 0 Å². The van der Waals surface area contributed by atoms with Crippen LogP contribution in [0.3, 0.4) is 0 Å². The molecule has 1 aromatic carbocycles. The summed E-state index contributed by atoms with van der Waals surface area (Å²) in [6.45, 7) is 2.48. The number of benzene rings is 1. The van der Waals surface area contributed by atoms with Crippen LogP contribution >= 0.6 is 0 Å². The van der Waals surface area contributed by atoms with Gasteiger partial charge in [-0.15, -0.1) is 0 Å². The third-order valence-electron chi connectivity index (χ3n) is 3.20. The van der Waals surface area contributed by atoms with Gasteiger partial charge in [0.25, 0.3) is 20.2 Å². The topological polar surface area (TPSA) is 197 Å². The highest BCUT2D eigenvalue weighted by atomic mass is 32.2. The molecule has 0 unspecified atom stereocenters. The van der Waals surface area contributed by atoms with Crippen molar-refractivity contribution in [2.45, 2.75) is 23.1 Å². The summed E-state index contributed by atoms with van der Waals surface area (Å²) < 4.78 is 64.3. The Morgan fingerprint density at radius 2 is 1.70 bits per heavy atom. The second kappa shape index (κ2) is 8.10. The number of rotatable bonds is 8. The molecule has 0 aliphatic carbocycles. The lowest BCUT2D eigenvalue weighted by Gasteiger charge is -2.12. The minimum atomic E-state index is -4.70. The second-order valence-electron chi connectivity index (χ2n) is 5.20. The maximum absolute atomic E-state index is 11.6. The van der Waals surface area contributed by atoms with E-state index in [2.05, 4.69) is 25.6 Å². The Morgan fingerprint density at radius 1 is 1.04 bits per heavy atom. The lowest BCUT2D eigenvalue weighted by Crippen LogP contribution is -2.16. The van der Waals surface area contributed by atoms with Crippen molar-refractivity contribution in [2.24, 2.45) is 5.73 Å². The van der Waals surface area contributed by atoms with E-state index in [1.165, 1.54) is 0 Å². The van der Waals surface area contributed by atoms with Gasteiger partial charge in [-0.2, -0.15) is 31.8 Å². The number of aromatic nitrogens is 3. The van der Waals surface area contributed by atoms with Gasteiger partial charge in [0, 0.05) is 19.5 Å². The highest BCUT2D eigenvalue weighted by molar-refractivity contribution is 7.86. The van der Waals surface area contributed by atoms with Crippen LogP contribution in [0.25, 0.3) is 0 Å². The number of hydrogen-bond acceptors (Lipinski definition) is 10. The summed E-state index contributed by atoms with van der Waals surface area (Å²) in [4.78, 5) is 11.0. The van der Waals surface area contributed by atoms with E-state index in [0.29, 0.717) is 25.3 Å². The molecule has 0 aliphatic rings. The van der Waals surface area contributed by atoms with Crippen LogP contribution in [0.2, 0.25) is 0 Å². The van der Waals surface area contributed by atoms with Gasteiger partial charge in [-0.3, -0.25) is 9.11 Å². The van der Waals surface area contributed by atoms with Crippen LogP contribution in [-0.2, 0) is 26.7 Å². The minimum Gasteiger partial charge on any atom is -0.353 e. The fraction of sp³-hybridized carbons (Fsp3) is 0.308. The van der Waals surface area contributed by atoms with Crippen LogP contribution in [0.4, 0.5) is 17.6 Å². The number of nitrogens with one attached hydrogen (secondary N) is 2. The normalized spacial score (nSPS) is 12.0. The van der Waals surface area contributed by atoms with Gasteiger partial charge < -0.3 is 16.4 Å². The van der Waals surface area contributed by atoms with Gasteiger partial charge in [-0.05, 0) is 18.2 Å². The summed E-state index contributed by atoms with van der Waals surface area (Å²) in [5.74, 6) is 0.444. The first-order valence-electron chi connectivity index (χ1n) is 7.59. The SMILES string of the molecule is CCc1nc(NCCN)nc(Nc2cc(S(=O)(=O)O)ccc2S(=O)(=O)O)n1. The van der Waals surface area contributed by atoms with Crippen LogP contribution < -0.4 is 16.4 Å². The Kier molecular flexibility index (Phi) is 6.27. The minimum absolute atomic E-state index is 0.0984. The first-order valence-corrected chi connectivity index (χ1v) is 10.5. The summed E-state index contributed by atoms with van der Waals surface area (Å²) >= 11 is 0. The van der Waals surface area contributed by atoms with E-state index >= 15 is 0 Å². The zero-order valence-electron chi connectivity index (χ0n) is 14.1. The predicted molar refractivity (Wildman–Crippen MR) is 96.1 cm³/mol. The molecule has 0 aliphatic heterocycles. The zero-order chi connectivity index (χ0) is 20.2. The Bertz CT molecular complexity index is 1040. The van der Waals surface area contributed by atoms with Crippen molar-refractivity contribution in [1.29, 1.82) is 0 Å².